The summed E-state index contributed by atoms with van der Waals surface area (Å²) in [5, 5.41) is 11.3. The highest BCUT2D eigenvalue weighted by atomic mass is 14.3. The first-order valence-corrected chi connectivity index (χ1v) is 27.3. The predicted octanol–water partition coefficient (Wildman–Crippen LogP) is 22.5. The molecule has 16 rings (SSSR count). The van der Waals surface area contributed by atoms with Crippen LogP contribution < -0.4 is 0 Å². The Kier molecular flexibility index (Phi) is 9.31. The van der Waals surface area contributed by atoms with Crippen LogP contribution in [0.5, 0.6) is 0 Å². The Morgan fingerprint density at radius 2 is 0.400 bits per heavy atom. The van der Waals surface area contributed by atoms with Crippen molar-refractivity contribution in [2.45, 2.75) is 0 Å². The zero-order valence-corrected chi connectivity index (χ0v) is 43.4. The van der Waals surface area contributed by atoms with E-state index < -0.39 is 0 Å². The van der Waals surface area contributed by atoms with Crippen LogP contribution in [-0.2, 0) is 0 Å². The average molecular weight is 1020 g/mol. The second-order valence-electron chi connectivity index (χ2n) is 20.9. The molecule has 0 unspecified atom stereocenters. The molecule has 16 aromatic carbocycles. The molecule has 16 aromatic rings. The van der Waals surface area contributed by atoms with Crippen LogP contribution in [0.1, 0.15) is 8.22 Å². The molecule has 0 heteroatoms. The van der Waals surface area contributed by atoms with Crippen LogP contribution in [0.2, 0.25) is 0 Å². The Balaban J connectivity index is 1.03. The molecule has 0 aliphatic heterocycles. The normalized spacial score (nSPS) is 12.8. The highest BCUT2D eigenvalue weighted by molar-refractivity contribution is 6.32. The van der Waals surface area contributed by atoms with E-state index in [2.05, 4.69) is 182 Å². The number of hydrogen-bond donors (Lipinski definition) is 0. The summed E-state index contributed by atoms with van der Waals surface area (Å²) in [6.07, 6.45) is 0. The summed E-state index contributed by atoms with van der Waals surface area (Å²) >= 11 is 0. The number of fused-ring (bicyclic) bond motifs is 4. The SMILES string of the molecule is [2H]c1c(-c2ccc(-c3cccc4ccccc34)cc2)c2c([2H])c([2H])c3c(-c4ccc(-c5cccc6ccccc56)cc4)c([2H])c(-c4cccc(-c5cccc6ccccc56)c4)c4c([2H])c([2H])c(c1-c1cccc(-c5cccc6ccccc56)c1)c2c34. The van der Waals surface area contributed by atoms with Crippen molar-refractivity contribution < 1.29 is 8.22 Å². The lowest BCUT2D eigenvalue weighted by molar-refractivity contribution is 1.60. The fourth-order valence-electron chi connectivity index (χ4n) is 12.6. The van der Waals surface area contributed by atoms with Crippen molar-refractivity contribution in [2.75, 3.05) is 0 Å². The van der Waals surface area contributed by atoms with Gasteiger partial charge in [-0.3, -0.25) is 0 Å². The molecule has 0 spiro atoms. The van der Waals surface area contributed by atoms with E-state index in [0.29, 0.717) is 76.8 Å². The van der Waals surface area contributed by atoms with E-state index in [4.69, 9.17) is 0 Å². The van der Waals surface area contributed by atoms with E-state index in [-0.39, 0.29) is 36.3 Å². The van der Waals surface area contributed by atoms with Gasteiger partial charge in [0, 0.05) is 0 Å². The smallest absolute Gasteiger partial charge is 0.0616 e. The fraction of sp³-hybridized carbons (Fsp3) is 0. The van der Waals surface area contributed by atoms with Gasteiger partial charge in [-0.25, -0.2) is 0 Å². The van der Waals surface area contributed by atoms with Gasteiger partial charge in [0.05, 0.1) is 8.22 Å². The zero-order chi connectivity index (χ0) is 57.9. The highest BCUT2D eigenvalue weighted by Gasteiger charge is 2.22. The first kappa shape index (κ1) is 39.9. The average Bonchev–Trinajstić information content (AvgIpc) is 0.755. The van der Waals surface area contributed by atoms with E-state index in [1.807, 2.05) is 84.9 Å². The van der Waals surface area contributed by atoms with E-state index in [1.54, 1.807) is 0 Å². The van der Waals surface area contributed by atoms with Crippen molar-refractivity contribution >= 4 is 75.4 Å². The summed E-state index contributed by atoms with van der Waals surface area (Å²) in [6.45, 7) is 0. The minimum absolute atomic E-state index is 0.0955. The van der Waals surface area contributed by atoms with Crippen LogP contribution in [0.25, 0.3) is 164 Å². The first-order valence-electron chi connectivity index (χ1n) is 30.3. The van der Waals surface area contributed by atoms with Crippen molar-refractivity contribution in [1.29, 1.82) is 0 Å². The molecule has 0 fully saturated rings. The van der Waals surface area contributed by atoms with Gasteiger partial charge in [0.25, 0.3) is 0 Å². The summed E-state index contributed by atoms with van der Waals surface area (Å²) < 4.78 is 63.2. The van der Waals surface area contributed by atoms with Crippen LogP contribution in [0.3, 0.4) is 0 Å². The molecular formula is C80H50. The van der Waals surface area contributed by atoms with Gasteiger partial charge in [0.2, 0.25) is 0 Å². The number of benzene rings is 16. The molecule has 0 aromatic heterocycles. The molecule has 0 radical (unpaired) electrons. The number of rotatable bonds is 8. The molecule has 0 nitrogen and oxygen atoms in total. The summed E-state index contributed by atoms with van der Waals surface area (Å²) in [5.74, 6) is 0. The van der Waals surface area contributed by atoms with Gasteiger partial charge in [0.15, 0.2) is 0 Å². The minimum atomic E-state index is -0.115. The van der Waals surface area contributed by atoms with E-state index in [1.165, 1.54) is 0 Å². The third-order valence-corrected chi connectivity index (χ3v) is 16.4. The first-order chi connectivity index (χ1) is 42.2. The predicted molar refractivity (Wildman–Crippen MR) is 344 cm³/mol. The summed E-state index contributed by atoms with van der Waals surface area (Å²) in [4.78, 5) is 0. The molecule has 0 N–H and O–H groups in total. The Bertz CT molecular complexity index is 5110. The van der Waals surface area contributed by atoms with Crippen molar-refractivity contribution in [1.82, 2.24) is 0 Å². The lowest BCUT2D eigenvalue weighted by Crippen LogP contribution is -1.95. The second-order valence-corrected chi connectivity index (χ2v) is 20.9. The lowest BCUT2D eigenvalue weighted by Gasteiger charge is -2.22. The van der Waals surface area contributed by atoms with Crippen molar-refractivity contribution in [2.24, 2.45) is 0 Å². The zero-order valence-electron chi connectivity index (χ0n) is 49.4. The minimum Gasteiger partial charge on any atom is -0.0616 e. The molecule has 0 saturated heterocycles. The topological polar surface area (TPSA) is 0 Å². The molecule has 370 valence electrons. The maximum atomic E-state index is 10.7. The Morgan fingerprint density at radius 1 is 0.175 bits per heavy atom. The maximum absolute atomic E-state index is 10.7. The lowest BCUT2D eigenvalue weighted by atomic mass is 9.81. The number of hydrogen-bond acceptors (Lipinski definition) is 0. The Morgan fingerprint density at radius 3 is 0.713 bits per heavy atom. The quantitative estimate of drug-likeness (QED) is 0.133. The summed E-state index contributed by atoms with van der Waals surface area (Å²) in [5.41, 5.74) is 12.6. The van der Waals surface area contributed by atoms with Crippen LogP contribution in [0.4, 0.5) is 0 Å². The fourth-order valence-corrected chi connectivity index (χ4v) is 12.6. The van der Waals surface area contributed by atoms with Crippen molar-refractivity contribution in [3.63, 3.8) is 0 Å². The van der Waals surface area contributed by atoms with Crippen LogP contribution >= 0.6 is 0 Å². The summed E-state index contributed by atoms with van der Waals surface area (Å²) in [7, 11) is 0. The van der Waals surface area contributed by atoms with Gasteiger partial charge >= 0.3 is 0 Å². The molecular weight excluding hydrogens is 961 g/mol. The van der Waals surface area contributed by atoms with E-state index in [9.17, 15) is 8.22 Å². The molecule has 80 heavy (non-hydrogen) atoms. The van der Waals surface area contributed by atoms with Gasteiger partial charge < -0.3 is 0 Å². The molecule has 0 aliphatic carbocycles. The summed E-state index contributed by atoms with van der Waals surface area (Å²) in [6, 6.07) is 90.9. The van der Waals surface area contributed by atoms with Crippen LogP contribution in [0.15, 0.2) is 303 Å². The van der Waals surface area contributed by atoms with Crippen LogP contribution in [0, 0.1) is 0 Å². The largest absolute Gasteiger partial charge is 0.0636 e. The van der Waals surface area contributed by atoms with Gasteiger partial charge in [-0.1, -0.05) is 279 Å². The van der Waals surface area contributed by atoms with Gasteiger partial charge in [-0.2, -0.15) is 0 Å². The Labute approximate surface area is 473 Å². The third kappa shape index (κ3) is 7.53. The molecule has 0 aliphatic rings. The maximum Gasteiger partial charge on any atom is 0.0636 e. The molecule has 0 saturated carbocycles. The molecule has 0 bridgehead atoms. The van der Waals surface area contributed by atoms with E-state index >= 15 is 0 Å². The highest BCUT2D eigenvalue weighted by Crippen LogP contribution is 2.50. The third-order valence-electron chi connectivity index (χ3n) is 16.4. The van der Waals surface area contributed by atoms with Gasteiger partial charge in [-0.05, 0) is 189 Å². The van der Waals surface area contributed by atoms with E-state index in [0.717, 1.165) is 87.6 Å². The van der Waals surface area contributed by atoms with Crippen molar-refractivity contribution in [3.8, 4) is 89.0 Å². The second kappa shape index (κ2) is 18.7. The van der Waals surface area contributed by atoms with Gasteiger partial charge in [0.1, 0.15) is 0 Å². The molecule has 0 amide bonds. The van der Waals surface area contributed by atoms with Gasteiger partial charge in [-0.15, -0.1) is 0 Å². The van der Waals surface area contributed by atoms with Crippen molar-refractivity contribution in [3.05, 3.63) is 303 Å². The molecule has 0 atom stereocenters. The standard InChI is InChI=1S/C80H50/c1-5-27-63-51(15-1)19-11-31-67(63)55-35-39-57(40-36-55)75-49-77(61-25-9-23-59(47-61)69-33-13-21-53-17-3-7-29-65(53)69)73-45-46-74-78(62-26-10-24-60(48-62)70-34-14-22-54-18-4-8-30-66(54)70)50-76(72-44-43-71(75)79(73)80(72)74)58-41-37-56(38-42-58)68-32-12-20-52-16-2-6-28-64(52)68/h1-50H/i43D,44D,45D,46D,49D,50D. The monoisotopic (exact) mass is 1020 g/mol. The van der Waals surface area contributed by atoms with Crippen LogP contribution in [-0.4, -0.2) is 0 Å². The Hall–Kier alpha value is -10.4. The molecule has 0 heterocycles.